The van der Waals surface area contributed by atoms with E-state index < -0.39 is 0 Å². The van der Waals surface area contributed by atoms with Gasteiger partial charge in [0.05, 0.1) is 19.3 Å². The standard InChI is InChI=1S/C9H15ClN4O/c1-11-9(15)6-13(2)5-8-12-4-7(10)14(8)3/h4H,5-6H2,1-3H3,(H,11,15). The molecule has 0 spiro atoms. The maximum Gasteiger partial charge on any atom is 0.233 e. The largest absolute Gasteiger partial charge is 0.358 e. The zero-order valence-electron chi connectivity index (χ0n) is 9.12. The van der Waals surface area contributed by atoms with E-state index >= 15 is 0 Å². The summed E-state index contributed by atoms with van der Waals surface area (Å²) in [5.41, 5.74) is 0. The normalized spacial score (nSPS) is 10.7. The summed E-state index contributed by atoms with van der Waals surface area (Å²) < 4.78 is 1.79. The number of carbonyl (C=O) groups is 1. The van der Waals surface area contributed by atoms with E-state index in [-0.39, 0.29) is 5.91 Å². The topological polar surface area (TPSA) is 50.2 Å². The highest BCUT2D eigenvalue weighted by Gasteiger charge is 2.09. The van der Waals surface area contributed by atoms with Crippen molar-refractivity contribution in [3.05, 3.63) is 17.2 Å². The lowest BCUT2D eigenvalue weighted by Crippen LogP contribution is -2.33. The van der Waals surface area contributed by atoms with Gasteiger partial charge in [-0.2, -0.15) is 0 Å². The van der Waals surface area contributed by atoms with Crippen LogP contribution in [-0.4, -0.2) is 41.0 Å². The van der Waals surface area contributed by atoms with Crippen LogP contribution in [0.15, 0.2) is 6.20 Å². The van der Waals surface area contributed by atoms with E-state index in [2.05, 4.69) is 10.3 Å². The molecule has 0 radical (unpaired) electrons. The zero-order valence-corrected chi connectivity index (χ0v) is 9.88. The zero-order chi connectivity index (χ0) is 11.4. The number of amides is 1. The van der Waals surface area contributed by atoms with Crippen molar-refractivity contribution in [1.82, 2.24) is 19.8 Å². The Bertz CT molecular complexity index is 350. The van der Waals surface area contributed by atoms with E-state index in [4.69, 9.17) is 11.6 Å². The van der Waals surface area contributed by atoms with Crippen LogP contribution < -0.4 is 5.32 Å². The highest BCUT2D eigenvalue weighted by Crippen LogP contribution is 2.10. The van der Waals surface area contributed by atoms with Gasteiger partial charge in [-0.15, -0.1) is 0 Å². The van der Waals surface area contributed by atoms with Crippen LogP contribution in [0.3, 0.4) is 0 Å². The lowest BCUT2D eigenvalue weighted by Gasteiger charge is -2.14. The smallest absolute Gasteiger partial charge is 0.233 e. The van der Waals surface area contributed by atoms with Crippen molar-refractivity contribution in [3.8, 4) is 0 Å². The number of hydrogen-bond acceptors (Lipinski definition) is 3. The SMILES string of the molecule is CNC(=O)CN(C)Cc1ncc(Cl)n1C. The number of rotatable bonds is 4. The first-order chi connectivity index (χ1) is 7.04. The monoisotopic (exact) mass is 230 g/mol. The number of nitrogens with zero attached hydrogens (tertiary/aromatic N) is 3. The van der Waals surface area contributed by atoms with Crippen molar-refractivity contribution >= 4 is 17.5 Å². The molecule has 84 valence electrons. The van der Waals surface area contributed by atoms with Crippen LogP contribution in [0.1, 0.15) is 5.82 Å². The Labute approximate surface area is 94.0 Å². The molecule has 1 rings (SSSR count). The van der Waals surface area contributed by atoms with E-state index in [1.54, 1.807) is 17.8 Å². The van der Waals surface area contributed by atoms with Gasteiger partial charge in [-0.25, -0.2) is 4.98 Å². The maximum atomic E-state index is 11.1. The minimum Gasteiger partial charge on any atom is -0.358 e. The first-order valence-electron chi connectivity index (χ1n) is 4.59. The Hall–Kier alpha value is -1.07. The lowest BCUT2D eigenvalue weighted by molar-refractivity contribution is -0.121. The molecular weight excluding hydrogens is 216 g/mol. The number of aromatic nitrogens is 2. The van der Waals surface area contributed by atoms with Crippen LogP contribution in [0.5, 0.6) is 0 Å². The van der Waals surface area contributed by atoms with Gasteiger partial charge >= 0.3 is 0 Å². The second-order valence-corrected chi connectivity index (χ2v) is 3.79. The van der Waals surface area contributed by atoms with E-state index in [1.165, 1.54) is 0 Å². The molecule has 1 aromatic heterocycles. The van der Waals surface area contributed by atoms with Gasteiger partial charge in [-0.1, -0.05) is 11.6 Å². The van der Waals surface area contributed by atoms with Crippen LogP contribution >= 0.6 is 11.6 Å². The molecule has 0 saturated heterocycles. The van der Waals surface area contributed by atoms with Gasteiger partial charge in [-0.05, 0) is 7.05 Å². The first-order valence-corrected chi connectivity index (χ1v) is 4.97. The Kier molecular flexibility index (Phi) is 4.11. The third kappa shape index (κ3) is 3.21. The van der Waals surface area contributed by atoms with Crippen molar-refractivity contribution in [2.24, 2.45) is 7.05 Å². The molecule has 1 heterocycles. The molecule has 1 amide bonds. The van der Waals surface area contributed by atoms with Crippen molar-refractivity contribution in [2.45, 2.75) is 6.54 Å². The highest BCUT2D eigenvalue weighted by molar-refractivity contribution is 6.29. The molecule has 1 N–H and O–H groups in total. The Balaban J connectivity index is 2.55. The van der Waals surface area contributed by atoms with Crippen molar-refractivity contribution in [2.75, 3.05) is 20.6 Å². The molecule has 0 saturated carbocycles. The predicted molar refractivity (Wildman–Crippen MR) is 58.6 cm³/mol. The molecule has 0 aliphatic heterocycles. The number of imidazole rings is 1. The fourth-order valence-corrected chi connectivity index (χ4v) is 1.34. The third-order valence-electron chi connectivity index (χ3n) is 2.13. The molecule has 1 aromatic rings. The summed E-state index contributed by atoms with van der Waals surface area (Å²) in [5.74, 6) is 0.823. The Morgan fingerprint density at radius 1 is 1.73 bits per heavy atom. The van der Waals surface area contributed by atoms with Crippen LogP contribution in [-0.2, 0) is 18.4 Å². The minimum absolute atomic E-state index is 0.0159. The summed E-state index contributed by atoms with van der Waals surface area (Å²) in [5, 5.41) is 3.16. The van der Waals surface area contributed by atoms with Gasteiger partial charge < -0.3 is 9.88 Å². The molecule has 0 aromatic carbocycles. The number of carbonyl (C=O) groups excluding carboxylic acids is 1. The predicted octanol–water partition coefficient (Wildman–Crippen LogP) is 0.251. The van der Waals surface area contributed by atoms with Crippen LogP contribution in [0, 0.1) is 0 Å². The van der Waals surface area contributed by atoms with Crippen LogP contribution in [0.25, 0.3) is 0 Å². The summed E-state index contributed by atoms with van der Waals surface area (Å²) in [7, 11) is 5.32. The van der Waals surface area contributed by atoms with Gasteiger partial charge in [0.15, 0.2) is 0 Å². The van der Waals surface area contributed by atoms with E-state index in [1.807, 2.05) is 19.0 Å². The Morgan fingerprint density at radius 2 is 2.40 bits per heavy atom. The quantitative estimate of drug-likeness (QED) is 0.807. The average molecular weight is 231 g/mol. The summed E-state index contributed by atoms with van der Waals surface area (Å²) >= 11 is 5.85. The first kappa shape index (κ1) is 12.0. The fraction of sp³-hybridized carbons (Fsp3) is 0.556. The molecule has 0 unspecified atom stereocenters. The van der Waals surface area contributed by atoms with Gasteiger partial charge in [0.2, 0.25) is 5.91 Å². The van der Waals surface area contributed by atoms with Crippen LogP contribution in [0.4, 0.5) is 0 Å². The summed E-state index contributed by atoms with van der Waals surface area (Å²) in [6.07, 6.45) is 1.60. The molecule has 6 heteroatoms. The molecule has 0 bridgehead atoms. The molecule has 0 aliphatic carbocycles. The summed E-state index contributed by atoms with van der Waals surface area (Å²) in [6.45, 7) is 0.942. The fourth-order valence-electron chi connectivity index (χ4n) is 1.19. The molecule has 0 fully saturated rings. The van der Waals surface area contributed by atoms with Crippen molar-refractivity contribution in [1.29, 1.82) is 0 Å². The van der Waals surface area contributed by atoms with Gasteiger partial charge in [0.1, 0.15) is 11.0 Å². The van der Waals surface area contributed by atoms with Gasteiger partial charge in [0.25, 0.3) is 0 Å². The summed E-state index contributed by atoms with van der Waals surface area (Å²) in [4.78, 5) is 17.1. The molecule has 15 heavy (non-hydrogen) atoms. The molecule has 0 atom stereocenters. The van der Waals surface area contributed by atoms with Crippen LogP contribution in [0.2, 0.25) is 5.15 Å². The summed E-state index contributed by atoms with van der Waals surface area (Å²) in [6, 6.07) is 0. The number of likely N-dealkylation sites (N-methyl/N-ethyl adjacent to an activating group) is 2. The number of nitrogens with one attached hydrogen (secondary N) is 1. The Morgan fingerprint density at radius 3 is 2.87 bits per heavy atom. The molecule has 5 nitrogen and oxygen atoms in total. The second kappa shape index (κ2) is 5.14. The second-order valence-electron chi connectivity index (χ2n) is 3.40. The third-order valence-corrected chi connectivity index (χ3v) is 2.48. The van der Waals surface area contributed by atoms with E-state index in [0.29, 0.717) is 18.2 Å². The number of hydrogen-bond donors (Lipinski definition) is 1. The highest BCUT2D eigenvalue weighted by atomic mass is 35.5. The average Bonchev–Trinajstić information content (AvgIpc) is 2.49. The lowest BCUT2D eigenvalue weighted by atomic mass is 10.4. The number of halogens is 1. The minimum atomic E-state index is -0.0159. The van der Waals surface area contributed by atoms with E-state index in [9.17, 15) is 4.79 Å². The molecular formula is C9H15ClN4O. The van der Waals surface area contributed by atoms with Gasteiger partial charge in [-0.3, -0.25) is 9.69 Å². The molecule has 0 aliphatic rings. The van der Waals surface area contributed by atoms with E-state index in [0.717, 1.165) is 5.82 Å². The van der Waals surface area contributed by atoms with Crippen molar-refractivity contribution < 1.29 is 4.79 Å². The van der Waals surface area contributed by atoms with Crippen molar-refractivity contribution in [3.63, 3.8) is 0 Å². The maximum absolute atomic E-state index is 11.1. The van der Waals surface area contributed by atoms with Gasteiger partial charge in [0, 0.05) is 14.1 Å².